The van der Waals surface area contributed by atoms with E-state index in [1.54, 1.807) is 0 Å². The lowest BCUT2D eigenvalue weighted by Crippen LogP contribution is -2.32. The lowest BCUT2D eigenvalue weighted by molar-refractivity contribution is -0.385. The Morgan fingerprint density at radius 3 is 2.70 bits per heavy atom. The van der Waals surface area contributed by atoms with Gasteiger partial charge in [0.15, 0.2) is 0 Å². The maximum atomic E-state index is 12.5. The summed E-state index contributed by atoms with van der Waals surface area (Å²) in [5, 5.41) is 10.8. The van der Waals surface area contributed by atoms with Gasteiger partial charge < -0.3 is 10.5 Å². The molecule has 0 radical (unpaired) electrons. The Hall–Kier alpha value is -1.71. The van der Waals surface area contributed by atoms with Crippen molar-refractivity contribution in [3.63, 3.8) is 0 Å². The Morgan fingerprint density at radius 1 is 1.50 bits per heavy atom. The molecule has 1 fully saturated rings. The summed E-state index contributed by atoms with van der Waals surface area (Å²) >= 11 is 0. The third-order valence-corrected chi connectivity index (χ3v) is 5.05. The molecular formula is C11H15N3O5S. The highest BCUT2D eigenvalue weighted by atomic mass is 32.2. The number of ether oxygens (including phenoxy) is 1. The molecule has 1 saturated heterocycles. The molecule has 0 amide bonds. The summed E-state index contributed by atoms with van der Waals surface area (Å²) in [6.07, 6.45) is 0.566. The van der Waals surface area contributed by atoms with Gasteiger partial charge >= 0.3 is 0 Å². The van der Waals surface area contributed by atoms with E-state index >= 15 is 0 Å². The molecule has 2 rings (SSSR count). The van der Waals surface area contributed by atoms with Gasteiger partial charge in [-0.25, -0.2) is 8.42 Å². The van der Waals surface area contributed by atoms with Crippen LogP contribution in [0.5, 0.6) is 5.75 Å². The Morgan fingerprint density at radius 2 is 2.20 bits per heavy atom. The van der Waals surface area contributed by atoms with E-state index in [9.17, 15) is 18.5 Å². The van der Waals surface area contributed by atoms with Crippen molar-refractivity contribution in [3.05, 3.63) is 28.3 Å². The van der Waals surface area contributed by atoms with Crippen molar-refractivity contribution in [3.8, 4) is 5.75 Å². The van der Waals surface area contributed by atoms with Crippen molar-refractivity contribution in [2.45, 2.75) is 17.4 Å². The number of nitrogens with two attached hydrogens (primary N) is 1. The van der Waals surface area contributed by atoms with E-state index in [0.29, 0.717) is 13.0 Å². The minimum absolute atomic E-state index is 0.0797. The highest BCUT2D eigenvalue weighted by Crippen LogP contribution is 2.31. The van der Waals surface area contributed by atoms with E-state index in [0.717, 1.165) is 6.07 Å². The van der Waals surface area contributed by atoms with Gasteiger partial charge in [0.05, 0.1) is 12.0 Å². The number of nitro benzene ring substituents is 1. The summed E-state index contributed by atoms with van der Waals surface area (Å²) in [6.45, 7) is 0.503. The molecule has 1 heterocycles. The lowest BCUT2D eigenvalue weighted by atomic mass is 10.3. The third kappa shape index (κ3) is 2.60. The molecule has 0 spiro atoms. The molecule has 0 aromatic heterocycles. The molecule has 1 aliphatic heterocycles. The largest absolute Gasteiger partial charge is 0.495 e. The number of hydrogen-bond acceptors (Lipinski definition) is 6. The van der Waals surface area contributed by atoms with Crippen LogP contribution < -0.4 is 10.5 Å². The fraction of sp³-hybridized carbons (Fsp3) is 0.455. The maximum Gasteiger partial charge on any atom is 0.271 e. The topological polar surface area (TPSA) is 116 Å². The molecule has 9 heteroatoms. The normalized spacial score (nSPS) is 20.0. The van der Waals surface area contributed by atoms with Crippen LogP contribution in [0.25, 0.3) is 0 Å². The highest BCUT2D eigenvalue weighted by Gasteiger charge is 2.34. The first-order valence-corrected chi connectivity index (χ1v) is 7.38. The van der Waals surface area contributed by atoms with Gasteiger partial charge in [0.1, 0.15) is 10.6 Å². The van der Waals surface area contributed by atoms with Crippen LogP contribution in [0.1, 0.15) is 6.42 Å². The number of benzene rings is 1. The molecule has 1 aromatic carbocycles. The van der Waals surface area contributed by atoms with Gasteiger partial charge in [-0.05, 0) is 12.5 Å². The van der Waals surface area contributed by atoms with E-state index in [-0.39, 0.29) is 28.9 Å². The van der Waals surface area contributed by atoms with Gasteiger partial charge in [-0.1, -0.05) is 0 Å². The molecule has 0 aliphatic carbocycles. The first-order valence-electron chi connectivity index (χ1n) is 5.94. The molecule has 20 heavy (non-hydrogen) atoms. The smallest absolute Gasteiger partial charge is 0.271 e. The standard InChI is InChI=1S/C11H15N3O5S/c1-19-10-3-2-9(14(15)16)6-11(10)20(17,18)13-5-4-8(12)7-13/h2-3,6,8H,4-5,7,12H2,1H3. The second-order valence-electron chi connectivity index (χ2n) is 4.50. The van der Waals surface area contributed by atoms with Gasteiger partial charge in [-0.3, -0.25) is 10.1 Å². The van der Waals surface area contributed by atoms with Crippen LogP contribution in [0.3, 0.4) is 0 Å². The van der Waals surface area contributed by atoms with Crippen LogP contribution in [0, 0.1) is 10.1 Å². The number of methoxy groups -OCH3 is 1. The summed E-state index contributed by atoms with van der Waals surface area (Å²) < 4.78 is 31.2. The van der Waals surface area contributed by atoms with Gasteiger partial charge in [-0.15, -0.1) is 0 Å². The summed E-state index contributed by atoms with van der Waals surface area (Å²) in [7, 11) is -2.53. The lowest BCUT2D eigenvalue weighted by Gasteiger charge is -2.17. The van der Waals surface area contributed by atoms with Crippen LogP contribution in [-0.2, 0) is 10.0 Å². The summed E-state index contributed by atoms with van der Waals surface area (Å²) in [5.41, 5.74) is 5.40. The number of sulfonamides is 1. The average Bonchev–Trinajstić information content (AvgIpc) is 2.85. The van der Waals surface area contributed by atoms with Crippen molar-refractivity contribution in [1.82, 2.24) is 4.31 Å². The molecule has 0 bridgehead atoms. The van der Waals surface area contributed by atoms with E-state index < -0.39 is 14.9 Å². The predicted octanol–water partition coefficient (Wildman–Crippen LogP) is 0.325. The summed E-state index contributed by atoms with van der Waals surface area (Å²) in [5.74, 6) is 0.0797. The van der Waals surface area contributed by atoms with Gasteiger partial charge in [0.2, 0.25) is 10.0 Å². The fourth-order valence-corrected chi connectivity index (χ4v) is 3.78. The average molecular weight is 301 g/mol. The van der Waals surface area contributed by atoms with Crippen molar-refractivity contribution in [1.29, 1.82) is 0 Å². The second kappa shape index (κ2) is 5.35. The van der Waals surface area contributed by atoms with Crippen LogP contribution in [0.2, 0.25) is 0 Å². The zero-order valence-corrected chi connectivity index (χ0v) is 11.7. The molecule has 2 N–H and O–H groups in total. The number of nitro groups is 1. The van der Waals surface area contributed by atoms with Crippen molar-refractivity contribution < 1.29 is 18.1 Å². The molecular weight excluding hydrogens is 286 g/mol. The third-order valence-electron chi connectivity index (χ3n) is 3.16. The number of hydrogen-bond donors (Lipinski definition) is 1. The van der Waals surface area contributed by atoms with E-state index in [1.807, 2.05) is 0 Å². The van der Waals surface area contributed by atoms with Crippen molar-refractivity contribution in [2.75, 3.05) is 20.2 Å². The first-order chi connectivity index (χ1) is 9.36. The van der Waals surface area contributed by atoms with E-state index in [1.165, 1.54) is 23.5 Å². The van der Waals surface area contributed by atoms with Crippen LogP contribution in [0.4, 0.5) is 5.69 Å². The molecule has 110 valence electrons. The monoisotopic (exact) mass is 301 g/mol. The van der Waals surface area contributed by atoms with Crippen molar-refractivity contribution >= 4 is 15.7 Å². The molecule has 8 nitrogen and oxygen atoms in total. The van der Waals surface area contributed by atoms with Crippen LogP contribution >= 0.6 is 0 Å². The fourth-order valence-electron chi connectivity index (χ4n) is 2.09. The van der Waals surface area contributed by atoms with Crippen molar-refractivity contribution in [2.24, 2.45) is 5.73 Å². The second-order valence-corrected chi connectivity index (χ2v) is 6.41. The predicted molar refractivity (Wildman–Crippen MR) is 71.0 cm³/mol. The minimum atomic E-state index is -3.85. The Kier molecular flexibility index (Phi) is 3.93. The quantitative estimate of drug-likeness (QED) is 0.632. The summed E-state index contributed by atoms with van der Waals surface area (Å²) in [4.78, 5) is 9.94. The highest BCUT2D eigenvalue weighted by molar-refractivity contribution is 7.89. The molecule has 1 atom stereocenters. The van der Waals surface area contributed by atoms with Crippen LogP contribution in [0.15, 0.2) is 23.1 Å². The Balaban J connectivity index is 2.49. The van der Waals surface area contributed by atoms with Gasteiger partial charge in [-0.2, -0.15) is 4.31 Å². The molecule has 1 aliphatic rings. The maximum absolute atomic E-state index is 12.5. The zero-order chi connectivity index (χ0) is 14.9. The molecule has 1 aromatic rings. The molecule has 1 unspecified atom stereocenters. The summed E-state index contributed by atoms with van der Waals surface area (Å²) in [6, 6.07) is 3.28. The number of rotatable bonds is 4. The molecule has 0 saturated carbocycles. The van der Waals surface area contributed by atoms with E-state index in [2.05, 4.69) is 0 Å². The number of nitrogens with zero attached hydrogens (tertiary/aromatic N) is 2. The van der Waals surface area contributed by atoms with Gasteiger partial charge in [0, 0.05) is 31.3 Å². The Bertz CT molecular complexity index is 631. The number of non-ortho nitro benzene ring substituents is 1. The van der Waals surface area contributed by atoms with E-state index in [4.69, 9.17) is 10.5 Å². The SMILES string of the molecule is COc1ccc([N+](=O)[O-])cc1S(=O)(=O)N1CCC(N)C1. The zero-order valence-electron chi connectivity index (χ0n) is 10.9. The minimum Gasteiger partial charge on any atom is -0.495 e. The first kappa shape index (κ1) is 14.7. The Labute approximate surface area is 116 Å². The van der Waals surface area contributed by atoms with Crippen LogP contribution in [-0.4, -0.2) is 43.9 Å². The van der Waals surface area contributed by atoms with Gasteiger partial charge in [0.25, 0.3) is 5.69 Å².